The summed E-state index contributed by atoms with van der Waals surface area (Å²) in [6.07, 6.45) is -4.78. The molecule has 0 bridgehead atoms. The molecule has 0 saturated heterocycles. The van der Waals surface area contributed by atoms with Crippen molar-refractivity contribution in [2.24, 2.45) is 0 Å². The number of halogens is 3. The average Bonchev–Trinajstić information content (AvgIpc) is 2.54. The van der Waals surface area contributed by atoms with Crippen LogP contribution in [0, 0.1) is 0 Å². The second kappa shape index (κ2) is 7.03. The molecule has 0 fully saturated rings. The summed E-state index contributed by atoms with van der Waals surface area (Å²) in [5.74, 6) is -1.16. The van der Waals surface area contributed by atoms with Gasteiger partial charge in [-0.15, -0.1) is 13.2 Å². The number of alkyl halides is 3. The van der Waals surface area contributed by atoms with Crippen LogP contribution in [-0.4, -0.2) is 25.2 Å². The van der Waals surface area contributed by atoms with Crippen molar-refractivity contribution in [3.05, 3.63) is 59.7 Å². The van der Waals surface area contributed by atoms with E-state index in [0.717, 1.165) is 12.1 Å². The summed E-state index contributed by atoms with van der Waals surface area (Å²) >= 11 is 0. The van der Waals surface area contributed by atoms with Crippen LogP contribution in [0.1, 0.15) is 20.7 Å². The first kappa shape index (κ1) is 17.3. The molecule has 0 radical (unpaired) electrons. The van der Waals surface area contributed by atoms with Gasteiger partial charge in [0, 0.05) is 23.9 Å². The average molecular weight is 338 g/mol. The molecule has 0 saturated carbocycles. The Balaban J connectivity index is 2.03. The van der Waals surface area contributed by atoms with Crippen LogP contribution in [0.2, 0.25) is 0 Å². The van der Waals surface area contributed by atoms with Crippen LogP contribution in [0.15, 0.2) is 48.5 Å². The molecule has 8 heteroatoms. The molecule has 0 aliphatic rings. The number of rotatable bonds is 4. The molecule has 126 valence electrons. The largest absolute Gasteiger partial charge is 0.573 e. The summed E-state index contributed by atoms with van der Waals surface area (Å²) < 4.78 is 40.0. The van der Waals surface area contributed by atoms with Crippen molar-refractivity contribution in [3.8, 4) is 5.75 Å². The summed E-state index contributed by atoms with van der Waals surface area (Å²) in [6, 6.07) is 10.7. The van der Waals surface area contributed by atoms with Crippen molar-refractivity contribution in [1.82, 2.24) is 5.32 Å². The predicted molar refractivity (Wildman–Crippen MR) is 80.9 cm³/mol. The molecular weight excluding hydrogens is 325 g/mol. The zero-order valence-corrected chi connectivity index (χ0v) is 12.5. The van der Waals surface area contributed by atoms with E-state index in [2.05, 4.69) is 15.4 Å². The molecule has 2 rings (SSSR count). The second-order valence-electron chi connectivity index (χ2n) is 4.68. The minimum atomic E-state index is -4.78. The first-order chi connectivity index (χ1) is 11.3. The van der Waals surface area contributed by atoms with Gasteiger partial charge in [0.2, 0.25) is 0 Å². The highest BCUT2D eigenvalue weighted by Gasteiger charge is 2.31. The Hall–Kier alpha value is -3.03. The summed E-state index contributed by atoms with van der Waals surface area (Å²) in [5.41, 5.74) is 1.05. The molecule has 2 amide bonds. The standard InChI is InChI=1S/C16H13F3N2O3/c1-20-14(22)10-2-6-12(7-3-10)21-15(23)11-4-8-13(9-5-11)24-16(17,18)19/h2-9H,1H3,(H,20,22)(H,21,23). The highest BCUT2D eigenvalue weighted by Crippen LogP contribution is 2.23. The van der Waals surface area contributed by atoms with Crippen LogP contribution < -0.4 is 15.4 Å². The molecule has 0 aliphatic carbocycles. The van der Waals surface area contributed by atoms with Gasteiger partial charge >= 0.3 is 6.36 Å². The molecule has 24 heavy (non-hydrogen) atoms. The molecule has 0 heterocycles. The van der Waals surface area contributed by atoms with Crippen LogP contribution in [-0.2, 0) is 0 Å². The van der Waals surface area contributed by atoms with Gasteiger partial charge in [-0.1, -0.05) is 0 Å². The summed E-state index contributed by atoms with van der Waals surface area (Å²) in [5, 5.41) is 5.05. The third-order valence-electron chi connectivity index (χ3n) is 2.98. The number of amides is 2. The van der Waals surface area contributed by atoms with E-state index in [1.807, 2.05) is 0 Å². The lowest BCUT2D eigenvalue weighted by atomic mass is 10.1. The van der Waals surface area contributed by atoms with Crippen molar-refractivity contribution in [1.29, 1.82) is 0 Å². The van der Waals surface area contributed by atoms with Gasteiger partial charge in [-0.25, -0.2) is 0 Å². The van der Waals surface area contributed by atoms with E-state index in [4.69, 9.17) is 0 Å². The van der Waals surface area contributed by atoms with E-state index < -0.39 is 18.0 Å². The monoisotopic (exact) mass is 338 g/mol. The first-order valence-corrected chi connectivity index (χ1v) is 6.78. The molecule has 0 atom stereocenters. The number of nitrogens with one attached hydrogen (secondary N) is 2. The quantitative estimate of drug-likeness (QED) is 0.900. The van der Waals surface area contributed by atoms with Crippen molar-refractivity contribution in [2.45, 2.75) is 6.36 Å². The summed E-state index contributed by atoms with van der Waals surface area (Å²) in [4.78, 5) is 23.4. The molecule has 5 nitrogen and oxygen atoms in total. The molecular formula is C16H13F3N2O3. The second-order valence-corrected chi connectivity index (χ2v) is 4.68. The number of benzene rings is 2. The molecule has 0 aromatic heterocycles. The Bertz CT molecular complexity index is 726. The lowest BCUT2D eigenvalue weighted by Gasteiger charge is -2.09. The Kier molecular flexibility index (Phi) is 5.08. The first-order valence-electron chi connectivity index (χ1n) is 6.78. The molecule has 2 aromatic rings. The van der Waals surface area contributed by atoms with Gasteiger partial charge in [0.1, 0.15) is 5.75 Å². The van der Waals surface area contributed by atoms with Crippen LogP contribution >= 0.6 is 0 Å². The number of anilines is 1. The van der Waals surface area contributed by atoms with E-state index in [-0.39, 0.29) is 11.5 Å². The number of carbonyl (C=O) groups is 2. The van der Waals surface area contributed by atoms with Crippen molar-refractivity contribution in [3.63, 3.8) is 0 Å². The van der Waals surface area contributed by atoms with Crippen LogP contribution in [0.5, 0.6) is 5.75 Å². The highest BCUT2D eigenvalue weighted by atomic mass is 19.4. The maximum atomic E-state index is 12.1. The van der Waals surface area contributed by atoms with E-state index in [9.17, 15) is 22.8 Å². The molecule has 0 unspecified atom stereocenters. The van der Waals surface area contributed by atoms with E-state index in [0.29, 0.717) is 11.3 Å². The molecule has 0 aliphatic heterocycles. The van der Waals surface area contributed by atoms with E-state index >= 15 is 0 Å². The van der Waals surface area contributed by atoms with Crippen LogP contribution in [0.3, 0.4) is 0 Å². The lowest BCUT2D eigenvalue weighted by Crippen LogP contribution is -2.18. The summed E-state index contributed by atoms with van der Waals surface area (Å²) in [6.45, 7) is 0. The Morgan fingerprint density at radius 1 is 0.875 bits per heavy atom. The van der Waals surface area contributed by atoms with Crippen LogP contribution in [0.4, 0.5) is 18.9 Å². The smallest absolute Gasteiger partial charge is 0.406 e. The van der Waals surface area contributed by atoms with Crippen LogP contribution in [0.25, 0.3) is 0 Å². The van der Waals surface area contributed by atoms with Crippen molar-refractivity contribution < 1.29 is 27.5 Å². The van der Waals surface area contributed by atoms with Gasteiger partial charge < -0.3 is 15.4 Å². The van der Waals surface area contributed by atoms with Gasteiger partial charge in [-0.2, -0.15) is 0 Å². The maximum Gasteiger partial charge on any atom is 0.573 e. The number of hydrogen-bond donors (Lipinski definition) is 2. The lowest BCUT2D eigenvalue weighted by molar-refractivity contribution is -0.274. The minimum absolute atomic E-state index is 0.167. The van der Waals surface area contributed by atoms with E-state index in [1.54, 1.807) is 12.1 Å². The van der Waals surface area contributed by atoms with Gasteiger partial charge in [-0.3, -0.25) is 9.59 Å². The van der Waals surface area contributed by atoms with Gasteiger partial charge in [0.15, 0.2) is 0 Å². The predicted octanol–water partition coefficient (Wildman–Crippen LogP) is 3.20. The maximum absolute atomic E-state index is 12.1. The van der Waals surface area contributed by atoms with Gasteiger partial charge in [0.05, 0.1) is 0 Å². The molecule has 0 spiro atoms. The Labute approximate surface area is 135 Å². The summed E-state index contributed by atoms with van der Waals surface area (Å²) in [7, 11) is 1.50. The van der Waals surface area contributed by atoms with Crippen molar-refractivity contribution in [2.75, 3.05) is 12.4 Å². The fourth-order valence-corrected chi connectivity index (χ4v) is 1.86. The zero-order chi connectivity index (χ0) is 17.7. The van der Waals surface area contributed by atoms with E-state index in [1.165, 1.54) is 31.3 Å². The molecule has 2 aromatic carbocycles. The highest BCUT2D eigenvalue weighted by molar-refractivity contribution is 6.04. The SMILES string of the molecule is CNC(=O)c1ccc(NC(=O)c2ccc(OC(F)(F)F)cc2)cc1. The van der Waals surface area contributed by atoms with Gasteiger partial charge in [0.25, 0.3) is 11.8 Å². The third-order valence-corrected chi connectivity index (χ3v) is 2.98. The van der Waals surface area contributed by atoms with Crippen molar-refractivity contribution >= 4 is 17.5 Å². The third kappa shape index (κ3) is 4.73. The zero-order valence-electron chi connectivity index (χ0n) is 12.5. The topological polar surface area (TPSA) is 67.4 Å². The Morgan fingerprint density at radius 3 is 1.88 bits per heavy atom. The number of carbonyl (C=O) groups excluding carboxylic acids is 2. The normalized spacial score (nSPS) is 10.8. The fraction of sp³-hybridized carbons (Fsp3) is 0.125. The number of hydrogen-bond acceptors (Lipinski definition) is 3. The molecule has 2 N–H and O–H groups in total. The number of ether oxygens (including phenoxy) is 1. The Morgan fingerprint density at radius 2 is 1.38 bits per heavy atom. The van der Waals surface area contributed by atoms with Gasteiger partial charge in [-0.05, 0) is 48.5 Å². The minimum Gasteiger partial charge on any atom is -0.406 e. The fourth-order valence-electron chi connectivity index (χ4n) is 1.86.